The van der Waals surface area contributed by atoms with Crippen LogP contribution in [0, 0.1) is 6.92 Å². The number of sulfonamides is 1. The standard InChI is InChI=1S/C16H19NO3S/c1-13-8-10-15(11-9-13)21(18,19)17-12-16(20-2)14-6-4-3-5-7-14/h3-11,16-17H,12H2,1-2H3/t16-/m1/s1. The molecule has 0 radical (unpaired) electrons. The maximum absolute atomic E-state index is 12.2. The molecule has 1 N–H and O–H groups in total. The van der Waals surface area contributed by atoms with E-state index in [-0.39, 0.29) is 17.5 Å². The second-order valence-electron chi connectivity index (χ2n) is 4.80. The predicted octanol–water partition coefficient (Wildman–Crippen LogP) is 2.66. The summed E-state index contributed by atoms with van der Waals surface area (Å²) in [5.74, 6) is 0. The lowest BCUT2D eigenvalue weighted by Crippen LogP contribution is -2.29. The van der Waals surface area contributed by atoms with Crippen LogP contribution in [0.4, 0.5) is 0 Å². The molecular weight excluding hydrogens is 286 g/mol. The van der Waals surface area contributed by atoms with Crippen molar-refractivity contribution in [1.82, 2.24) is 4.72 Å². The van der Waals surface area contributed by atoms with Crippen LogP contribution in [0.15, 0.2) is 59.5 Å². The molecule has 0 aliphatic carbocycles. The Kier molecular flexibility index (Phi) is 5.12. The zero-order chi connectivity index (χ0) is 15.3. The maximum atomic E-state index is 12.2. The first-order chi connectivity index (χ1) is 10.0. The van der Waals surface area contributed by atoms with Crippen LogP contribution in [0.1, 0.15) is 17.2 Å². The molecule has 0 saturated carbocycles. The molecule has 0 spiro atoms. The molecule has 21 heavy (non-hydrogen) atoms. The molecular formula is C16H19NO3S. The first kappa shape index (κ1) is 15.7. The SMILES string of the molecule is CO[C@H](CNS(=O)(=O)c1ccc(C)cc1)c1ccccc1. The van der Waals surface area contributed by atoms with Crippen LogP contribution in [0.25, 0.3) is 0 Å². The van der Waals surface area contributed by atoms with Gasteiger partial charge in [-0.15, -0.1) is 0 Å². The Labute approximate surface area is 125 Å². The topological polar surface area (TPSA) is 55.4 Å². The second kappa shape index (κ2) is 6.85. The second-order valence-corrected chi connectivity index (χ2v) is 6.57. The van der Waals surface area contributed by atoms with E-state index in [0.717, 1.165) is 11.1 Å². The number of benzene rings is 2. The number of methoxy groups -OCH3 is 1. The van der Waals surface area contributed by atoms with Crippen molar-refractivity contribution in [2.45, 2.75) is 17.9 Å². The molecule has 0 heterocycles. The van der Waals surface area contributed by atoms with E-state index < -0.39 is 10.0 Å². The fourth-order valence-electron chi connectivity index (χ4n) is 1.99. The van der Waals surface area contributed by atoms with Crippen LogP contribution in [0.2, 0.25) is 0 Å². The van der Waals surface area contributed by atoms with Crippen molar-refractivity contribution >= 4 is 10.0 Å². The summed E-state index contributed by atoms with van der Waals surface area (Å²) < 4.78 is 32.4. The normalized spacial score (nSPS) is 13.0. The highest BCUT2D eigenvalue weighted by molar-refractivity contribution is 7.89. The van der Waals surface area contributed by atoms with E-state index in [2.05, 4.69) is 4.72 Å². The molecule has 4 nitrogen and oxygen atoms in total. The average Bonchev–Trinajstić information content (AvgIpc) is 2.49. The number of aryl methyl sites for hydroxylation is 1. The summed E-state index contributed by atoms with van der Waals surface area (Å²) in [6, 6.07) is 16.3. The van der Waals surface area contributed by atoms with Gasteiger partial charge in [0, 0.05) is 13.7 Å². The minimum atomic E-state index is -3.52. The van der Waals surface area contributed by atoms with Gasteiger partial charge < -0.3 is 4.74 Å². The lowest BCUT2D eigenvalue weighted by atomic mass is 10.1. The van der Waals surface area contributed by atoms with Crippen LogP contribution < -0.4 is 4.72 Å². The number of rotatable bonds is 6. The van der Waals surface area contributed by atoms with Gasteiger partial charge in [0.2, 0.25) is 10.0 Å². The van der Waals surface area contributed by atoms with Gasteiger partial charge in [0.1, 0.15) is 0 Å². The largest absolute Gasteiger partial charge is 0.375 e. The Morgan fingerprint density at radius 3 is 2.24 bits per heavy atom. The summed E-state index contributed by atoms with van der Waals surface area (Å²) >= 11 is 0. The molecule has 112 valence electrons. The zero-order valence-electron chi connectivity index (χ0n) is 12.1. The third-order valence-corrected chi connectivity index (χ3v) is 4.69. The van der Waals surface area contributed by atoms with Crippen molar-refractivity contribution in [2.75, 3.05) is 13.7 Å². The van der Waals surface area contributed by atoms with E-state index in [1.165, 1.54) is 0 Å². The molecule has 2 aromatic rings. The molecule has 0 aliphatic heterocycles. The minimum Gasteiger partial charge on any atom is -0.375 e. The summed E-state index contributed by atoms with van der Waals surface area (Å²) in [6.45, 7) is 2.11. The van der Waals surface area contributed by atoms with E-state index in [9.17, 15) is 8.42 Å². The third-order valence-electron chi connectivity index (χ3n) is 3.25. The van der Waals surface area contributed by atoms with Gasteiger partial charge in [-0.05, 0) is 24.6 Å². The highest BCUT2D eigenvalue weighted by atomic mass is 32.2. The van der Waals surface area contributed by atoms with Gasteiger partial charge in [-0.3, -0.25) is 0 Å². The molecule has 0 bridgehead atoms. The summed E-state index contributed by atoms with van der Waals surface area (Å²) in [7, 11) is -1.95. The fourth-order valence-corrected chi connectivity index (χ4v) is 3.02. The molecule has 0 fully saturated rings. The van der Waals surface area contributed by atoms with E-state index >= 15 is 0 Å². The van der Waals surface area contributed by atoms with Crippen molar-refractivity contribution in [3.05, 3.63) is 65.7 Å². The van der Waals surface area contributed by atoms with Crippen LogP contribution >= 0.6 is 0 Å². The predicted molar refractivity (Wildman–Crippen MR) is 82.6 cm³/mol. The molecule has 2 rings (SSSR count). The first-order valence-corrected chi connectivity index (χ1v) is 8.15. The summed E-state index contributed by atoms with van der Waals surface area (Å²) in [5, 5.41) is 0. The van der Waals surface area contributed by atoms with E-state index in [0.29, 0.717) is 0 Å². The van der Waals surface area contributed by atoms with Crippen LogP contribution in [-0.2, 0) is 14.8 Å². The lowest BCUT2D eigenvalue weighted by Gasteiger charge is -2.16. The number of ether oxygens (including phenoxy) is 1. The molecule has 1 atom stereocenters. The molecule has 0 aromatic heterocycles. The van der Waals surface area contributed by atoms with Gasteiger partial charge in [-0.1, -0.05) is 48.0 Å². The molecule has 0 amide bonds. The van der Waals surface area contributed by atoms with E-state index in [4.69, 9.17) is 4.74 Å². The molecule has 0 saturated heterocycles. The van der Waals surface area contributed by atoms with E-state index in [1.807, 2.05) is 37.3 Å². The summed E-state index contributed by atoms with van der Waals surface area (Å²) in [5.41, 5.74) is 1.96. The minimum absolute atomic E-state index is 0.191. The molecule has 5 heteroatoms. The number of nitrogens with one attached hydrogen (secondary N) is 1. The van der Waals surface area contributed by atoms with Gasteiger partial charge in [-0.25, -0.2) is 13.1 Å². The lowest BCUT2D eigenvalue weighted by molar-refractivity contribution is 0.107. The van der Waals surface area contributed by atoms with Crippen LogP contribution in [-0.4, -0.2) is 22.1 Å². The Hall–Kier alpha value is -1.69. The zero-order valence-corrected chi connectivity index (χ0v) is 12.9. The smallest absolute Gasteiger partial charge is 0.240 e. The quantitative estimate of drug-likeness (QED) is 0.892. The van der Waals surface area contributed by atoms with Gasteiger partial charge >= 0.3 is 0 Å². The van der Waals surface area contributed by atoms with Crippen molar-refractivity contribution < 1.29 is 13.2 Å². The monoisotopic (exact) mass is 305 g/mol. The number of hydrogen-bond donors (Lipinski definition) is 1. The summed E-state index contributed by atoms with van der Waals surface area (Å²) in [4.78, 5) is 0.260. The Bertz CT molecular complexity index is 666. The maximum Gasteiger partial charge on any atom is 0.240 e. The Balaban J connectivity index is 2.08. The van der Waals surface area contributed by atoms with Crippen molar-refractivity contribution in [1.29, 1.82) is 0 Å². The van der Waals surface area contributed by atoms with Gasteiger partial charge in [0.25, 0.3) is 0 Å². The van der Waals surface area contributed by atoms with Crippen molar-refractivity contribution in [2.24, 2.45) is 0 Å². The molecule has 0 unspecified atom stereocenters. The third kappa shape index (κ3) is 4.14. The average molecular weight is 305 g/mol. The fraction of sp³-hybridized carbons (Fsp3) is 0.250. The van der Waals surface area contributed by atoms with Crippen molar-refractivity contribution in [3.63, 3.8) is 0 Å². The van der Waals surface area contributed by atoms with Gasteiger partial charge in [-0.2, -0.15) is 0 Å². The van der Waals surface area contributed by atoms with Crippen LogP contribution in [0.5, 0.6) is 0 Å². The highest BCUT2D eigenvalue weighted by Crippen LogP contribution is 2.16. The van der Waals surface area contributed by atoms with Gasteiger partial charge in [0.15, 0.2) is 0 Å². The summed E-state index contributed by atoms with van der Waals surface area (Å²) in [6.07, 6.45) is -0.313. The van der Waals surface area contributed by atoms with Crippen LogP contribution in [0.3, 0.4) is 0 Å². The highest BCUT2D eigenvalue weighted by Gasteiger charge is 2.17. The van der Waals surface area contributed by atoms with Gasteiger partial charge in [0.05, 0.1) is 11.0 Å². The first-order valence-electron chi connectivity index (χ1n) is 6.67. The molecule has 2 aromatic carbocycles. The Morgan fingerprint density at radius 2 is 1.67 bits per heavy atom. The van der Waals surface area contributed by atoms with E-state index in [1.54, 1.807) is 31.4 Å². The number of hydrogen-bond acceptors (Lipinski definition) is 3. The molecule has 0 aliphatic rings. The van der Waals surface area contributed by atoms with Crippen molar-refractivity contribution in [3.8, 4) is 0 Å². The Morgan fingerprint density at radius 1 is 1.05 bits per heavy atom.